The molecule has 3 rings (SSSR count). The third-order valence-electron chi connectivity index (χ3n) is 4.48. The number of methoxy groups -OCH3 is 1. The Balaban J connectivity index is 0.00000280. The lowest BCUT2D eigenvalue weighted by Gasteiger charge is -2.18. The molecular formula is C22H29IN4O. The summed E-state index contributed by atoms with van der Waals surface area (Å²) in [4.78, 5) is 7.02. The minimum atomic E-state index is 0. The normalized spacial score (nSPS) is 13.2. The summed E-state index contributed by atoms with van der Waals surface area (Å²) >= 11 is 0. The number of halogens is 1. The van der Waals surface area contributed by atoms with Crippen molar-refractivity contribution < 1.29 is 4.74 Å². The van der Waals surface area contributed by atoms with Crippen molar-refractivity contribution in [2.75, 3.05) is 31.6 Å². The summed E-state index contributed by atoms with van der Waals surface area (Å²) in [5, 5.41) is 6.71. The van der Waals surface area contributed by atoms with Crippen molar-refractivity contribution in [1.29, 1.82) is 0 Å². The van der Waals surface area contributed by atoms with E-state index in [2.05, 4.69) is 69.9 Å². The van der Waals surface area contributed by atoms with Crippen molar-refractivity contribution in [2.45, 2.75) is 20.0 Å². The van der Waals surface area contributed by atoms with Crippen LogP contribution in [-0.2, 0) is 13.1 Å². The highest BCUT2D eigenvalue weighted by molar-refractivity contribution is 14.0. The molecule has 0 saturated heterocycles. The van der Waals surface area contributed by atoms with Crippen molar-refractivity contribution in [3.8, 4) is 5.75 Å². The van der Waals surface area contributed by atoms with E-state index in [1.165, 1.54) is 11.3 Å². The van der Waals surface area contributed by atoms with E-state index in [1.807, 2.05) is 18.2 Å². The molecule has 2 N–H and O–H groups in total. The first kappa shape index (κ1) is 22.1. The fourth-order valence-corrected chi connectivity index (χ4v) is 2.98. The number of nitrogens with one attached hydrogen (secondary N) is 2. The van der Waals surface area contributed by atoms with Crippen LogP contribution in [0.15, 0.2) is 65.7 Å². The van der Waals surface area contributed by atoms with Crippen LogP contribution in [0.3, 0.4) is 0 Å². The first-order valence-corrected chi connectivity index (χ1v) is 9.42. The lowest BCUT2D eigenvalue weighted by Crippen LogP contribution is -2.36. The minimum Gasteiger partial charge on any atom is -0.497 e. The molecule has 0 aromatic heterocycles. The predicted octanol–water partition coefficient (Wildman–Crippen LogP) is 3.94. The summed E-state index contributed by atoms with van der Waals surface area (Å²) in [6, 6.07) is 16.7. The van der Waals surface area contributed by atoms with Gasteiger partial charge in [-0.2, -0.15) is 0 Å². The molecule has 0 atom stereocenters. The summed E-state index contributed by atoms with van der Waals surface area (Å²) < 4.78 is 5.27. The molecule has 2 aromatic carbocycles. The van der Waals surface area contributed by atoms with Crippen LogP contribution >= 0.6 is 24.0 Å². The number of guanidine groups is 1. The van der Waals surface area contributed by atoms with Gasteiger partial charge < -0.3 is 20.3 Å². The van der Waals surface area contributed by atoms with Crippen LogP contribution in [-0.4, -0.2) is 32.7 Å². The van der Waals surface area contributed by atoms with Gasteiger partial charge in [-0.15, -0.1) is 24.0 Å². The highest BCUT2D eigenvalue weighted by atomic mass is 127. The van der Waals surface area contributed by atoms with Gasteiger partial charge in [0, 0.05) is 31.9 Å². The average molecular weight is 492 g/mol. The van der Waals surface area contributed by atoms with Crippen molar-refractivity contribution >= 4 is 35.6 Å². The van der Waals surface area contributed by atoms with Gasteiger partial charge in [-0.25, -0.2) is 4.99 Å². The molecule has 1 aliphatic heterocycles. The van der Waals surface area contributed by atoms with E-state index in [4.69, 9.17) is 4.74 Å². The molecule has 0 amide bonds. The maximum Gasteiger partial charge on any atom is 0.191 e. The maximum absolute atomic E-state index is 5.27. The fourth-order valence-electron chi connectivity index (χ4n) is 2.98. The Bertz CT molecular complexity index is 781. The van der Waals surface area contributed by atoms with Crippen LogP contribution in [0.4, 0.5) is 5.69 Å². The van der Waals surface area contributed by atoms with Crippen LogP contribution in [0.1, 0.15) is 18.1 Å². The molecule has 6 heteroatoms. The lowest BCUT2D eigenvalue weighted by atomic mass is 10.2. The van der Waals surface area contributed by atoms with Gasteiger partial charge in [0.1, 0.15) is 5.75 Å². The summed E-state index contributed by atoms with van der Waals surface area (Å²) in [6.45, 7) is 6.24. The predicted molar refractivity (Wildman–Crippen MR) is 128 cm³/mol. The Morgan fingerprint density at radius 2 is 1.79 bits per heavy atom. The second-order valence-corrected chi connectivity index (χ2v) is 6.44. The van der Waals surface area contributed by atoms with Crippen molar-refractivity contribution in [1.82, 2.24) is 10.6 Å². The molecule has 0 fully saturated rings. The Labute approximate surface area is 184 Å². The standard InChI is InChI=1S/C22H28N4O.HI/c1-3-23-22(25-17-19-7-6-8-21(15-19)27-2)24-16-18-9-11-20(12-10-18)26-13-4-5-14-26;/h4-12,15H,3,13-14,16-17H2,1-2H3,(H2,23,24,25);1H. The Hall–Kier alpha value is -2.22. The molecular weight excluding hydrogens is 463 g/mol. The number of anilines is 1. The van der Waals surface area contributed by atoms with Gasteiger partial charge in [-0.3, -0.25) is 0 Å². The number of ether oxygens (including phenoxy) is 1. The zero-order valence-corrected chi connectivity index (χ0v) is 18.9. The van der Waals surface area contributed by atoms with Crippen LogP contribution < -0.4 is 20.3 Å². The van der Waals surface area contributed by atoms with E-state index < -0.39 is 0 Å². The van der Waals surface area contributed by atoms with Crippen LogP contribution in [0, 0.1) is 0 Å². The largest absolute Gasteiger partial charge is 0.497 e. The highest BCUT2D eigenvalue weighted by Gasteiger charge is 2.07. The van der Waals surface area contributed by atoms with E-state index in [1.54, 1.807) is 7.11 Å². The SMILES string of the molecule is CCNC(=NCc1cccc(OC)c1)NCc1ccc(N2CC=CC2)cc1.I. The Morgan fingerprint density at radius 1 is 1.04 bits per heavy atom. The molecule has 0 spiro atoms. The van der Waals surface area contributed by atoms with Gasteiger partial charge in [-0.1, -0.05) is 36.4 Å². The fraction of sp³-hybridized carbons (Fsp3) is 0.318. The first-order chi connectivity index (χ1) is 13.3. The third kappa shape index (κ3) is 6.44. The van der Waals surface area contributed by atoms with Gasteiger partial charge in [0.15, 0.2) is 5.96 Å². The minimum absolute atomic E-state index is 0. The number of aliphatic imine (C=N–C) groups is 1. The number of rotatable bonds is 7. The molecule has 5 nitrogen and oxygen atoms in total. The Kier molecular flexibility index (Phi) is 9.13. The number of hydrogen-bond acceptors (Lipinski definition) is 3. The maximum atomic E-state index is 5.27. The highest BCUT2D eigenvalue weighted by Crippen LogP contribution is 2.17. The van der Waals surface area contributed by atoms with Gasteiger partial charge in [-0.05, 0) is 42.3 Å². The molecule has 0 radical (unpaired) electrons. The molecule has 28 heavy (non-hydrogen) atoms. The van der Waals surface area contributed by atoms with Crippen molar-refractivity contribution in [2.24, 2.45) is 4.99 Å². The van der Waals surface area contributed by atoms with Crippen molar-refractivity contribution in [3.05, 3.63) is 71.8 Å². The van der Waals surface area contributed by atoms with E-state index in [0.29, 0.717) is 6.54 Å². The molecule has 2 aromatic rings. The number of benzene rings is 2. The van der Waals surface area contributed by atoms with E-state index in [9.17, 15) is 0 Å². The molecule has 0 unspecified atom stereocenters. The van der Waals surface area contributed by atoms with E-state index in [0.717, 1.165) is 43.5 Å². The van der Waals surface area contributed by atoms with Crippen LogP contribution in [0.2, 0.25) is 0 Å². The monoisotopic (exact) mass is 492 g/mol. The molecule has 0 aliphatic carbocycles. The molecule has 0 bridgehead atoms. The van der Waals surface area contributed by atoms with Gasteiger partial charge in [0.2, 0.25) is 0 Å². The summed E-state index contributed by atoms with van der Waals surface area (Å²) in [6.07, 6.45) is 4.41. The first-order valence-electron chi connectivity index (χ1n) is 9.42. The summed E-state index contributed by atoms with van der Waals surface area (Å²) in [5.41, 5.74) is 3.62. The lowest BCUT2D eigenvalue weighted by molar-refractivity contribution is 0.414. The molecule has 150 valence electrons. The quantitative estimate of drug-likeness (QED) is 0.266. The molecule has 0 saturated carbocycles. The van der Waals surface area contributed by atoms with E-state index >= 15 is 0 Å². The second kappa shape index (κ2) is 11.6. The van der Waals surface area contributed by atoms with Gasteiger partial charge >= 0.3 is 0 Å². The average Bonchev–Trinajstić information content (AvgIpc) is 3.25. The summed E-state index contributed by atoms with van der Waals surface area (Å²) in [7, 11) is 1.68. The number of hydrogen-bond donors (Lipinski definition) is 2. The zero-order chi connectivity index (χ0) is 18.9. The number of nitrogens with zero attached hydrogens (tertiary/aromatic N) is 2. The van der Waals surface area contributed by atoms with Crippen molar-refractivity contribution in [3.63, 3.8) is 0 Å². The third-order valence-corrected chi connectivity index (χ3v) is 4.48. The van der Waals surface area contributed by atoms with Gasteiger partial charge in [0.25, 0.3) is 0 Å². The topological polar surface area (TPSA) is 48.9 Å². The van der Waals surface area contributed by atoms with Gasteiger partial charge in [0.05, 0.1) is 13.7 Å². The molecule has 1 heterocycles. The van der Waals surface area contributed by atoms with Crippen LogP contribution in [0.25, 0.3) is 0 Å². The van der Waals surface area contributed by atoms with E-state index in [-0.39, 0.29) is 24.0 Å². The Morgan fingerprint density at radius 3 is 2.46 bits per heavy atom. The zero-order valence-electron chi connectivity index (χ0n) is 16.5. The summed E-state index contributed by atoms with van der Waals surface area (Å²) in [5.74, 6) is 1.67. The smallest absolute Gasteiger partial charge is 0.191 e. The molecule has 1 aliphatic rings. The second-order valence-electron chi connectivity index (χ2n) is 6.44. The van der Waals surface area contributed by atoms with Crippen LogP contribution in [0.5, 0.6) is 5.75 Å².